The predicted octanol–water partition coefficient (Wildman–Crippen LogP) is 0.601. The third-order valence-corrected chi connectivity index (χ3v) is 7.06. The van der Waals surface area contributed by atoms with Gasteiger partial charge in [-0.3, -0.25) is 4.79 Å². The molecule has 4 N–H and O–H groups in total. The largest absolute Gasteiger partial charge is 0.383 e. The molecule has 3 rings (SSSR count). The van der Waals surface area contributed by atoms with E-state index >= 15 is 0 Å². The molecule has 2 saturated carbocycles. The predicted molar refractivity (Wildman–Crippen MR) is 97.6 cm³/mol. The molecule has 1 aromatic rings. The van der Waals surface area contributed by atoms with E-state index in [0.717, 1.165) is 24.8 Å². The molecule has 0 spiro atoms. The van der Waals surface area contributed by atoms with Crippen LogP contribution < -0.4 is 15.8 Å². The van der Waals surface area contributed by atoms with Crippen molar-refractivity contribution < 1.29 is 17.9 Å². The number of carbonyl (C=O) groups excluding carboxylic acids is 1. The van der Waals surface area contributed by atoms with Crippen molar-refractivity contribution in [1.82, 2.24) is 10.0 Å². The van der Waals surface area contributed by atoms with Crippen molar-refractivity contribution in [3.63, 3.8) is 0 Å². The Hall–Kier alpha value is -1.48. The van der Waals surface area contributed by atoms with Crippen LogP contribution in [0, 0.1) is 17.8 Å². The molecule has 26 heavy (non-hydrogen) atoms. The van der Waals surface area contributed by atoms with Crippen LogP contribution in [0.1, 0.15) is 24.8 Å². The fourth-order valence-corrected chi connectivity index (χ4v) is 5.19. The molecular formula is C18H27N3O4S. The van der Waals surface area contributed by atoms with E-state index in [1.165, 1.54) is 7.11 Å². The van der Waals surface area contributed by atoms with Crippen molar-refractivity contribution in [2.45, 2.75) is 36.7 Å². The summed E-state index contributed by atoms with van der Waals surface area (Å²) in [6.45, 7) is 0.909. The maximum absolute atomic E-state index is 12.5. The molecule has 4 unspecified atom stereocenters. The van der Waals surface area contributed by atoms with Crippen LogP contribution in [0.3, 0.4) is 0 Å². The molecule has 0 aromatic heterocycles. The standard InChI is InChI=1S/C18H27N3O4S/c1-25-9-8-21-26(23,24)15-6-2-12(3-7-15)11-20-18(22)16-13-4-5-14(10-13)17(16)19/h2-3,6-7,13-14,16-17,21H,4-5,8-11,19H2,1H3,(H,20,22). The van der Waals surface area contributed by atoms with Crippen molar-refractivity contribution in [2.75, 3.05) is 20.3 Å². The quantitative estimate of drug-likeness (QED) is 0.571. The first-order valence-corrected chi connectivity index (χ1v) is 10.5. The van der Waals surface area contributed by atoms with E-state index in [0.29, 0.717) is 25.0 Å². The monoisotopic (exact) mass is 381 g/mol. The number of hydrogen-bond acceptors (Lipinski definition) is 5. The Morgan fingerprint density at radius 2 is 1.92 bits per heavy atom. The van der Waals surface area contributed by atoms with Gasteiger partial charge >= 0.3 is 0 Å². The first kappa shape index (κ1) is 19.3. The molecule has 1 aromatic carbocycles. The zero-order valence-corrected chi connectivity index (χ0v) is 15.8. The van der Waals surface area contributed by atoms with E-state index in [9.17, 15) is 13.2 Å². The molecule has 2 aliphatic carbocycles. The zero-order chi connectivity index (χ0) is 18.7. The normalized spacial score (nSPS) is 27.6. The van der Waals surface area contributed by atoms with Crippen LogP contribution in [0.5, 0.6) is 0 Å². The van der Waals surface area contributed by atoms with E-state index in [2.05, 4.69) is 10.0 Å². The third kappa shape index (κ3) is 4.09. The van der Waals surface area contributed by atoms with E-state index < -0.39 is 10.0 Å². The number of ether oxygens (including phenoxy) is 1. The summed E-state index contributed by atoms with van der Waals surface area (Å²) in [5.41, 5.74) is 7.06. The van der Waals surface area contributed by atoms with Gasteiger partial charge in [-0.15, -0.1) is 0 Å². The lowest BCUT2D eigenvalue weighted by molar-refractivity contribution is -0.127. The lowest BCUT2D eigenvalue weighted by atomic mass is 9.84. The second-order valence-corrected chi connectivity index (χ2v) is 8.96. The van der Waals surface area contributed by atoms with Gasteiger partial charge in [-0.05, 0) is 48.8 Å². The highest BCUT2D eigenvalue weighted by Crippen LogP contribution is 2.47. The summed E-state index contributed by atoms with van der Waals surface area (Å²) in [4.78, 5) is 12.7. The Kier molecular flexibility index (Phi) is 5.96. The number of fused-ring (bicyclic) bond motifs is 2. The number of rotatable bonds is 8. The molecule has 2 fully saturated rings. The summed E-state index contributed by atoms with van der Waals surface area (Å²) in [6, 6.07) is 6.48. The van der Waals surface area contributed by atoms with Crippen molar-refractivity contribution in [2.24, 2.45) is 23.5 Å². The lowest BCUT2D eigenvalue weighted by Crippen LogP contribution is -2.45. The van der Waals surface area contributed by atoms with Crippen LogP contribution in [-0.2, 0) is 26.1 Å². The Bertz CT molecular complexity index is 733. The highest BCUT2D eigenvalue weighted by molar-refractivity contribution is 7.89. The fraction of sp³-hybridized carbons (Fsp3) is 0.611. The Labute approximate surface area is 154 Å². The summed E-state index contributed by atoms with van der Waals surface area (Å²) in [5.74, 6) is 0.840. The SMILES string of the molecule is COCCNS(=O)(=O)c1ccc(CNC(=O)C2C3CCC(C3)C2N)cc1. The van der Waals surface area contributed by atoms with Crippen LogP contribution in [0.25, 0.3) is 0 Å². The summed E-state index contributed by atoms with van der Waals surface area (Å²) in [6.07, 6.45) is 3.31. The molecule has 0 heterocycles. The molecule has 0 aliphatic heterocycles. The van der Waals surface area contributed by atoms with Crippen LogP contribution in [0.2, 0.25) is 0 Å². The number of carbonyl (C=O) groups is 1. The minimum atomic E-state index is -3.54. The summed E-state index contributed by atoms with van der Waals surface area (Å²) in [7, 11) is -2.03. The van der Waals surface area contributed by atoms with Crippen molar-refractivity contribution in [3.05, 3.63) is 29.8 Å². The van der Waals surface area contributed by atoms with Crippen LogP contribution in [0.4, 0.5) is 0 Å². The Balaban J connectivity index is 1.54. The molecule has 2 aliphatic rings. The van der Waals surface area contributed by atoms with E-state index in [1.807, 2.05) is 0 Å². The van der Waals surface area contributed by atoms with Crippen molar-refractivity contribution in [3.8, 4) is 0 Å². The molecule has 1 amide bonds. The van der Waals surface area contributed by atoms with Crippen LogP contribution >= 0.6 is 0 Å². The second kappa shape index (κ2) is 8.04. The minimum Gasteiger partial charge on any atom is -0.383 e. The minimum absolute atomic E-state index is 0.0163. The molecular weight excluding hydrogens is 354 g/mol. The third-order valence-electron chi connectivity index (χ3n) is 5.58. The van der Waals surface area contributed by atoms with Gasteiger partial charge in [-0.25, -0.2) is 13.1 Å². The summed E-state index contributed by atoms with van der Waals surface area (Å²) < 4.78 is 31.5. The van der Waals surface area contributed by atoms with Gasteiger partial charge in [0.15, 0.2) is 0 Å². The average molecular weight is 381 g/mol. The average Bonchev–Trinajstić information content (AvgIpc) is 3.21. The van der Waals surface area contributed by atoms with Gasteiger partial charge in [0.25, 0.3) is 0 Å². The molecule has 7 nitrogen and oxygen atoms in total. The maximum Gasteiger partial charge on any atom is 0.240 e. The van der Waals surface area contributed by atoms with E-state index in [-0.39, 0.29) is 29.3 Å². The number of hydrogen-bond donors (Lipinski definition) is 3. The maximum atomic E-state index is 12.5. The molecule has 0 radical (unpaired) electrons. The Morgan fingerprint density at radius 3 is 2.54 bits per heavy atom. The molecule has 0 saturated heterocycles. The van der Waals surface area contributed by atoms with Crippen molar-refractivity contribution in [1.29, 1.82) is 0 Å². The lowest BCUT2D eigenvalue weighted by Gasteiger charge is -2.27. The Morgan fingerprint density at radius 1 is 1.23 bits per heavy atom. The molecule has 4 atom stereocenters. The highest BCUT2D eigenvalue weighted by atomic mass is 32.2. The van der Waals surface area contributed by atoms with Gasteiger partial charge in [0.05, 0.1) is 17.4 Å². The van der Waals surface area contributed by atoms with Gasteiger partial charge in [-0.2, -0.15) is 0 Å². The smallest absolute Gasteiger partial charge is 0.240 e. The van der Waals surface area contributed by atoms with E-state index in [1.54, 1.807) is 24.3 Å². The number of nitrogens with two attached hydrogens (primary N) is 1. The fourth-order valence-electron chi connectivity index (χ4n) is 4.18. The highest BCUT2D eigenvalue weighted by Gasteiger charge is 2.48. The topological polar surface area (TPSA) is 111 Å². The van der Waals surface area contributed by atoms with E-state index in [4.69, 9.17) is 10.5 Å². The van der Waals surface area contributed by atoms with Gasteiger partial charge < -0.3 is 15.8 Å². The van der Waals surface area contributed by atoms with Crippen LogP contribution in [0.15, 0.2) is 29.2 Å². The molecule has 2 bridgehead atoms. The van der Waals surface area contributed by atoms with Gasteiger partial charge in [0, 0.05) is 26.2 Å². The number of benzene rings is 1. The number of methoxy groups -OCH3 is 1. The van der Waals surface area contributed by atoms with Crippen LogP contribution in [-0.4, -0.2) is 40.6 Å². The summed E-state index contributed by atoms with van der Waals surface area (Å²) in [5, 5.41) is 2.96. The molecule has 144 valence electrons. The number of nitrogens with one attached hydrogen (secondary N) is 2. The summed E-state index contributed by atoms with van der Waals surface area (Å²) >= 11 is 0. The molecule has 8 heteroatoms. The van der Waals surface area contributed by atoms with Gasteiger partial charge in [-0.1, -0.05) is 12.1 Å². The first-order valence-electron chi connectivity index (χ1n) is 9.03. The second-order valence-electron chi connectivity index (χ2n) is 7.19. The van der Waals surface area contributed by atoms with Crippen molar-refractivity contribution >= 4 is 15.9 Å². The number of sulfonamides is 1. The van der Waals surface area contributed by atoms with Gasteiger partial charge in [0.2, 0.25) is 15.9 Å². The van der Waals surface area contributed by atoms with Gasteiger partial charge in [0.1, 0.15) is 0 Å². The zero-order valence-electron chi connectivity index (χ0n) is 15.0. The number of amides is 1. The first-order chi connectivity index (χ1) is 12.4.